The number of allylic oxidation sites excluding steroid dienone is 6. The predicted molar refractivity (Wildman–Crippen MR) is 128 cm³/mol. The van der Waals surface area contributed by atoms with Crippen molar-refractivity contribution in [3.8, 4) is 0 Å². The van der Waals surface area contributed by atoms with E-state index in [1.807, 2.05) is 32.1 Å². The topological polar surface area (TPSA) is 107 Å². The summed E-state index contributed by atoms with van der Waals surface area (Å²) < 4.78 is 11.1. The molecular weight excluding hydrogens is 448 g/mol. The van der Waals surface area contributed by atoms with Crippen LogP contribution in [0, 0.1) is 28.6 Å². The minimum Gasteiger partial charge on any atom is -0.457 e. The largest absolute Gasteiger partial charge is 0.457 e. The summed E-state index contributed by atoms with van der Waals surface area (Å²) in [6, 6.07) is 0. The molecule has 4 rings (SSSR count). The maximum Gasteiger partial charge on any atom is 0.306 e. The first-order valence-corrected chi connectivity index (χ1v) is 12.3. The molecule has 0 heterocycles. The molecule has 0 aromatic heterocycles. The van der Waals surface area contributed by atoms with Crippen molar-refractivity contribution in [2.24, 2.45) is 28.6 Å². The molecule has 0 amide bonds. The average Bonchev–Trinajstić information content (AvgIpc) is 3.04. The number of ketones is 2. The minimum atomic E-state index is -1.70. The predicted octanol–water partition coefficient (Wildman–Crippen LogP) is 3.42. The molecule has 188 valence electrons. The number of esters is 2. The highest BCUT2D eigenvalue weighted by molar-refractivity contribution is 6.01. The van der Waals surface area contributed by atoms with E-state index in [1.54, 1.807) is 26.0 Å². The highest BCUT2D eigenvalue weighted by Gasteiger charge is 2.71. The summed E-state index contributed by atoms with van der Waals surface area (Å²) in [5.41, 5.74) is -1.88. The minimum absolute atomic E-state index is 0.0668. The lowest BCUT2D eigenvalue weighted by molar-refractivity contribution is -0.191. The Kier molecular flexibility index (Phi) is 6.29. The van der Waals surface area contributed by atoms with Crippen molar-refractivity contribution in [2.45, 2.75) is 65.1 Å². The summed E-state index contributed by atoms with van der Waals surface area (Å²) >= 11 is 0. The zero-order chi connectivity index (χ0) is 25.8. The van der Waals surface area contributed by atoms with Crippen molar-refractivity contribution in [3.63, 3.8) is 0 Å². The monoisotopic (exact) mass is 482 g/mol. The van der Waals surface area contributed by atoms with E-state index >= 15 is 0 Å². The number of carbonyl (C=O) groups excluding carboxylic acids is 4. The third-order valence-electron chi connectivity index (χ3n) is 8.82. The van der Waals surface area contributed by atoms with Gasteiger partial charge in [-0.3, -0.25) is 19.2 Å². The van der Waals surface area contributed by atoms with E-state index in [-0.39, 0.29) is 42.8 Å². The molecule has 0 saturated heterocycles. The number of rotatable bonds is 6. The number of ether oxygens (including phenoxy) is 2. The van der Waals surface area contributed by atoms with E-state index in [1.165, 1.54) is 0 Å². The van der Waals surface area contributed by atoms with Crippen LogP contribution in [-0.4, -0.2) is 46.9 Å². The molecule has 2 saturated carbocycles. The van der Waals surface area contributed by atoms with Gasteiger partial charge in [0.2, 0.25) is 5.78 Å². The molecule has 7 atom stereocenters. The Labute approximate surface area is 205 Å². The van der Waals surface area contributed by atoms with Crippen molar-refractivity contribution in [1.29, 1.82) is 0 Å². The van der Waals surface area contributed by atoms with Gasteiger partial charge >= 0.3 is 11.9 Å². The van der Waals surface area contributed by atoms with Crippen molar-refractivity contribution >= 4 is 23.5 Å². The Hall–Kier alpha value is -2.80. The molecule has 0 unspecified atom stereocenters. The molecule has 7 nitrogen and oxygen atoms in total. The van der Waals surface area contributed by atoms with Gasteiger partial charge in [0.25, 0.3) is 0 Å². The van der Waals surface area contributed by atoms with Gasteiger partial charge in [0.15, 0.2) is 18.0 Å². The lowest BCUT2D eigenvalue weighted by atomic mass is 9.47. The van der Waals surface area contributed by atoms with Gasteiger partial charge in [-0.25, -0.2) is 0 Å². The number of carbonyl (C=O) groups is 4. The van der Waals surface area contributed by atoms with Crippen molar-refractivity contribution in [3.05, 3.63) is 48.1 Å². The van der Waals surface area contributed by atoms with Crippen molar-refractivity contribution in [2.75, 3.05) is 6.61 Å². The molecule has 4 aliphatic rings. The molecule has 0 aromatic rings. The first-order chi connectivity index (χ1) is 16.4. The molecule has 0 spiro atoms. The average molecular weight is 483 g/mol. The maximum absolute atomic E-state index is 13.7. The van der Waals surface area contributed by atoms with Crippen LogP contribution >= 0.6 is 0 Å². The maximum atomic E-state index is 13.7. The van der Waals surface area contributed by atoms with Gasteiger partial charge < -0.3 is 14.6 Å². The van der Waals surface area contributed by atoms with Gasteiger partial charge in [0, 0.05) is 29.6 Å². The number of hydrogen-bond acceptors (Lipinski definition) is 7. The zero-order valence-corrected chi connectivity index (χ0v) is 20.8. The van der Waals surface area contributed by atoms with Crippen molar-refractivity contribution in [1.82, 2.24) is 0 Å². The molecule has 7 heteroatoms. The Balaban J connectivity index is 1.80. The molecule has 2 fully saturated rings. The molecule has 4 aliphatic carbocycles. The third kappa shape index (κ3) is 3.58. The van der Waals surface area contributed by atoms with Crippen LogP contribution in [0.5, 0.6) is 0 Å². The summed E-state index contributed by atoms with van der Waals surface area (Å²) in [6.07, 6.45) is 8.96. The normalized spacial score (nSPS) is 39.3. The first kappa shape index (κ1) is 25.3. The Bertz CT molecular complexity index is 1080. The van der Waals surface area contributed by atoms with E-state index in [2.05, 4.69) is 6.58 Å². The number of Topliss-reactive ketones (excluding diaryl/α,β-unsaturated/α-hetero) is 1. The molecule has 0 aliphatic heterocycles. The molecule has 0 radical (unpaired) electrons. The SMILES string of the molecule is C=C1C[C@H]2[C@@H]3C=CC4=CC(=O)C=C[C@]4(C)[C@H]3[C@@H](O)C[C@]2(C)[C@]1(OC(=O)CC)C(=O)COC(=O)CC. The standard InChI is InChI=1S/C28H34O7/c1-6-23(32)34-15-22(31)28(35-24(33)7-2)16(3)12-20-19-9-8-17-13-18(29)10-11-26(17,4)25(19)21(30)14-27(20,28)5/h8-11,13,19-21,25,30H,3,6-7,12,14-15H2,1-2,4-5H3/t19-,20-,21-,25+,26-,27-,28+/m0/s1. The van der Waals surface area contributed by atoms with Crippen LogP contribution in [0.2, 0.25) is 0 Å². The van der Waals surface area contributed by atoms with E-state index < -0.39 is 46.9 Å². The zero-order valence-electron chi connectivity index (χ0n) is 20.8. The molecule has 1 N–H and O–H groups in total. The van der Waals surface area contributed by atoms with E-state index in [9.17, 15) is 24.3 Å². The lowest BCUT2D eigenvalue weighted by Gasteiger charge is -2.58. The lowest BCUT2D eigenvalue weighted by Crippen LogP contribution is -2.62. The Morgan fingerprint density at radius 1 is 1.14 bits per heavy atom. The summed E-state index contributed by atoms with van der Waals surface area (Å²) in [5, 5.41) is 11.6. The summed E-state index contributed by atoms with van der Waals surface area (Å²) in [6.45, 7) is 10.8. The van der Waals surface area contributed by atoms with Crippen LogP contribution in [0.25, 0.3) is 0 Å². The summed E-state index contributed by atoms with van der Waals surface area (Å²) in [4.78, 5) is 50.2. The van der Waals surface area contributed by atoms with Gasteiger partial charge in [0.05, 0.1) is 6.10 Å². The number of fused-ring (bicyclic) bond motifs is 5. The number of aliphatic hydroxyl groups is 1. The van der Waals surface area contributed by atoms with Gasteiger partial charge in [-0.2, -0.15) is 0 Å². The van der Waals surface area contributed by atoms with Crippen molar-refractivity contribution < 1.29 is 33.8 Å². The fourth-order valence-corrected chi connectivity index (χ4v) is 7.09. The molecule has 0 bridgehead atoms. The highest BCUT2D eigenvalue weighted by Crippen LogP contribution is 2.67. The van der Waals surface area contributed by atoms with Crippen LogP contribution in [-0.2, 0) is 28.7 Å². The van der Waals surface area contributed by atoms with Gasteiger partial charge in [-0.1, -0.05) is 52.5 Å². The molecule has 35 heavy (non-hydrogen) atoms. The quantitative estimate of drug-likeness (QED) is 0.457. The third-order valence-corrected chi connectivity index (χ3v) is 8.82. The summed E-state index contributed by atoms with van der Waals surface area (Å²) in [5.74, 6) is -2.21. The second kappa shape index (κ2) is 8.70. The van der Waals surface area contributed by atoms with Crippen LogP contribution in [0.15, 0.2) is 48.1 Å². The highest BCUT2D eigenvalue weighted by atomic mass is 16.6. The fourth-order valence-electron chi connectivity index (χ4n) is 7.09. The first-order valence-electron chi connectivity index (χ1n) is 12.3. The van der Waals surface area contributed by atoms with Crippen LogP contribution in [0.3, 0.4) is 0 Å². The van der Waals surface area contributed by atoms with Crippen LogP contribution in [0.1, 0.15) is 53.4 Å². The van der Waals surface area contributed by atoms with Crippen LogP contribution in [0.4, 0.5) is 0 Å². The molecular formula is C28H34O7. The van der Waals surface area contributed by atoms with E-state index in [0.717, 1.165) is 5.57 Å². The smallest absolute Gasteiger partial charge is 0.306 e. The second-order valence-electron chi connectivity index (χ2n) is 10.6. The van der Waals surface area contributed by atoms with Gasteiger partial charge in [0.1, 0.15) is 0 Å². The number of aliphatic hydroxyl groups excluding tert-OH is 1. The van der Waals surface area contributed by atoms with E-state index in [0.29, 0.717) is 12.0 Å². The van der Waals surface area contributed by atoms with Crippen LogP contribution < -0.4 is 0 Å². The number of hydrogen-bond donors (Lipinski definition) is 1. The fraction of sp³-hybridized carbons (Fsp3) is 0.571. The van der Waals surface area contributed by atoms with Gasteiger partial charge in [-0.15, -0.1) is 0 Å². The second-order valence-corrected chi connectivity index (χ2v) is 10.6. The summed E-state index contributed by atoms with van der Waals surface area (Å²) in [7, 11) is 0. The van der Waals surface area contributed by atoms with E-state index in [4.69, 9.17) is 9.47 Å². The Morgan fingerprint density at radius 2 is 1.83 bits per heavy atom. The molecule has 0 aromatic carbocycles. The Morgan fingerprint density at radius 3 is 2.49 bits per heavy atom. The van der Waals surface area contributed by atoms with Gasteiger partial charge in [-0.05, 0) is 48.0 Å².